The summed E-state index contributed by atoms with van der Waals surface area (Å²) in [6.45, 7) is 0. The average Bonchev–Trinajstić information content (AvgIpc) is 2.54. The number of Topliss-reactive ketones (excluding diaryl/α,β-unsaturated/α-hetero) is 2. The Balaban J connectivity index is 2.17. The first-order valence-corrected chi connectivity index (χ1v) is 8.34. The van der Waals surface area contributed by atoms with Gasteiger partial charge in [-0.05, 0) is 12.1 Å². The molecule has 4 nitrogen and oxygen atoms in total. The number of fused-ring (bicyclic) bond motifs is 1. The van der Waals surface area contributed by atoms with Crippen molar-refractivity contribution in [2.24, 2.45) is 0 Å². The molecule has 0 saturated carbocycles. The highest BCUT2D eigenvalue weighted by molar-refractivity contribution is 7.89. The number of hydrogen-bond acceptors (Lipinski definition) is 4. The number of carbonyl (C=O) groups is 2. The van der Waals surface area contributed by atoms with Crippen LogP contribution in [0.15, 0.2) is 59.1 Å². The third kappa shape index (κ3) is 2.61. The molecule has 0 aliphatic heterocycles. The zero-order chi connectivity index (χ0) is 16.6. The first-order valence-electron chi connectivity index (χ1n) is 6.78. The molecule has 1 unspecified atom stereocenters. The molecule has 23 heavy (non-hydrogen) atoms. The SMILES string of the molecule is CS(=O)C1=C(Nc2ccccc2F)C(=O)c2ccccc2C1=O. The van der Waals surface area contributed by atoms with Gasteiger partial charge in [0.1, 0.15) is 16.4 Å². The van der Waals surface area contributed by atoms with Crippen LogP contribution in [0.3, 0.4) is 0 Å². The van der Waals surface area contributed by atoms with Crippen LogP contribution in [0.1, 0.15) is 20.7 Å². The lowest BCUT2D eigenvalue weighted by molar-refractivity contribution is 0.0982. The van der Waals surface area contributed by atoms with Crippen molar-refractivity contribution in [3.8, 4) is 0 Å². The third-order valence-electron chi connectivity index (χ3n) is 3.50. The predicted octanol–water partition coefficient (Wildman–Crippen LogP) is 2.91. The molecule has 0 heterocycles. The molecule has 0 bridgehead atoms. The summed E-state index contributed by atoms with van der Waals surface area (Å²) in [4.78, 5) is 25.1. The van der Waals surface area contributed by atoms with Crippen molar-refractivity contribution in [3.63, 3.8) is 0 Å². The molecule has 0 spiro atoms. The van der Waals surface area contributed by atoms with Crippen molar-refractivity contribution >= 4 is 28.1 Å². The van der Waals surface area contributed by atoms with Gasteiger partial charge in [0.15, 0.2) is 0 Å². The van der Waals surface area contributed by atoms with E-state index in [1.807, 2.05) is 0 Å². The zero-order valence-electron chi connectivity index (χ0n) is 12.1. The van der Waals surface area contributed by atoms with Crippen LogP contribution in [0.5, 0.6) is 0 Å². The van der Waals surface area contributed by atoms with E-state index < -0.39 is 28.2 Å². The summed E-state index contributed by atoms with van der Waals surface area (Å²) >= 11 is 0. The van der Waals surface area contributed by atoms with Gasteiger partial charge in [0, 0.05) is 17.4 Å². The molecular formula is C17H12FNO3S. The van der Waals surface area contributed by atoms with Crippen LogP contribution in [0.25, 0.3) is 0 Å². The van der Waals surface area contributed by atoms with Crippen LogP contribution < -0.4 is 5.32 Å². The molecule has 2 aromatic rings. The Hall–Kier alpha value is -2.60. The van der Waals surface area contributed by atoms with Crippen LogP contribution in [0.2, 0.25) is 0 Å². The van der Waals surface area contributed by atoms with Gasteiger partial charge in [-0.2, -0.15) is 0 Å². The lowest BCUT2D eigenvalue weighted by Crippen LogP contribution is -2.28. The Morgan fingerprint density at radius 2 is 1.48 bits per heavy atom. The molecular weight excluding hydrogens is 317 g/mol. The molecule has 0 aromatic heterocycles. The number of carbonyl (C=O) groups excluding carboxylic acids is 2. The summed E-state index contributed by atoms with van der Waals surface area (Å²) in [6, 6.07) is 12.1. The van der Waals surface area contributed by atoms with Gasteiger partial charge in [0.2, 0.25) is 11.6 Å². The predicted molar refractivity (Wildman–Crippen MR) is 86.2 cm³/mol. The van der Waals surface area contributed by atoms with E-state index in [1.165, 1.54) is 36.6 Å². The van der Waals surface area contributed by atoms with E-state index in [1.54, 1.807) is 18.2 Å². The molecule has 1 atom stereocenters. The van der Waals surface area contributed by atoms with Gasteiger partial charge in [-0.25, -0.2) is 4.39 Å². The minimum atomic E-state index is -1.70. The maximum Gasteiger partial charge on any atom is 0.211 e. The summed E-state index contributed by atoms with van der Waals surface area (Å²) in [6.07, 6.45) is 1.32. The number of hydrogen-bond donors (Lipinski definition) is 1. The van der Waals surface area contributed by atoms with E-state index in [2.05, 4.69) is 5.32 Å². The second-order valence-corrected chi connectivity index (χ2v) is 6.28. The van der Waals surface area contributed by atoms with Gasteiger partial charge in [0.05, 0.1) is 16.5 Å². The summed E-state index contributed by atoms with van der Waals surface area (Å²) in [5.74, 6) is -1.53. The fourth-order valence-corrected chi connectivity index (χ4v) is 3.24. The molecule has 0 amide bonds. The number of ketones is 2. The van der Waals surface area contributed by atoms with Crippen LogP contribution in [-0.2, 0) is 10.8 Å². The van der Waals surface area contributed by atoms with E-state index >= 15 is 0 Å². The van der Waals surface area contributed by atoms with Crippen molar-refractivity contribution in [1.29, 1.82) is 0 Å². The highest BCUT2D eigenvalue weighted by atomic mass is 32.2. The molecule has 3 rings (SSSR count). The monoisotopic (exact) mass is 329 g/mol. The Bertz CT molecular complexity index is 889. The van der Waals surface area contributed by atoms with E-state index in [9.17, 15) is 18.2 Å². The third-order valence-corrected chi connectivity index (χ3v) is 4.46. The van der Waals surface area contributed by atoms with Crippen LogP contribution in [0, 0.1) is 5.82 Å². The van der Waals surface area contributed by atoms with Crippen LogP contribution in [-0.4, -0.2) is 22.0 Å². The van der Waals surface area contributed by atoms with Crippen molar-refractivity contribution in [3.05, 3.63) is 76.1 Å². The molecule has 0 radical (unpaired) electrons. The molecule has 1 aliphatic rings. The summed E-state index contributed by atoms with van der Waals surface area (Å²) in [7, 11) is -1.70. The Kier molecular flexibility index (Phi) is 3.92. The first kappa shape index (κ1) is 15.3. The van der Waals surface area contributed by atoms with Gasteiger partial charge in [-0.15, -0.1) is 0 Å². The summed E-state index contributed by atoms with van der Waals surface area (Å²) in [5, 5.41) is 2.64. The van der Waals surface area contributed by atoms with Crippen molar-refractivity contribution in [2.45, 2.75) is 0 Å². The van der Waals surface area contributed by atoms with Crippen LogP contribution in [0.4, 0.5) is 10.1 Å². The maximum atomic E-state index is 13.8. The second-order valence-electron chi connectivity index (χ2n) is 4.97. The minimum absolute atomic E-state index is 0.0472. The number of anilines is 1. The fraction of sp³-hybridized carbons (Fsp3) is 0.0588. The molecule has 0 fully saturated rings. The highest BCUT2D eigenvalue weighted by Crippen LogP contribution is 2.29. The number of nitrogens with one attached hydrogen (secondary N) is 1. The molecule has 2 aromatic carbocycles. The average molecular weight is 329 g/mol. The Labute approximate surface area is 134 Å². The minimum Gasteiger partial charge on any atom is -0.349 e. The van der Waals surface area contributed by atoms with Crippen molar-refractivity contribution < 1.29 is 18.2 Å². The van der Waals surface area contributed by atoms with Gasteiger partial charge in [-0.1, -0.05) is 36.4 Å². The summed E-state index contributed by atoms with van der Waals surface area (Å²) in [5.41, 5.74) is 0.331. The van der Waals surface area contributed by atoms with E-state index in [0.29, 0.717) is 0 Å². The standard InChI is InChI=1S/C17H12FNO3S/c1-23(22)17-14(19-13-9-5-4-8-12(13)18)15(20)10-6-2-3-7-11(10)16(17)21/h2-9,19H,1H3. The fourth-order valence-electron chi connectivity index (χ4n) is 2.44. The van der Waals surface area contributed by atoms with Gasteiger partial charge < -0.3 is 5.32 Å². The normalized spacial score (nSPS) is 15.4. The lowest BCUT2D eigenvalue weighted by atomic mass is 9.92. The van der Waals surface area contributed by atoms with Gasteiger partial charge in [0.25, 0.3) is 0 Å². The Morgan fingerprint density at radius 3 is 2.09 bits per heavy atom. The lowest BCUT2D eigenvalue weighted by Gasteiger charge is -2.21. The maximum absolute atomic E-state index is 13.8. The molecule has 116 valence electrons. The van der Waals surface area contributed by atoms with Crippen LogP contribution >= 0.6 is 0 Å². The topological polar surface area (TPSA) is 63.2 Å². The highest BCUT2D eigenvalue weighted by Gasteiger charge is 2.34. The number of halogens is 1. The smallest absolute Gasteiger partial charge is 0.211 e. The number of benzene rings is 2. The Morgan fingerprint density at radius 1 is 0.913 bits per heavy atom. The molecule has 6 heteroatoms. The van der Waals surface area contributed by atoms with Gasteiger partial charge in [-0.3, -0.25) is 13.8 Å². The van der Waals surface area contributed by atoms with E-state index in [4.69, 9.17) is 0 Å². The van der Waals surface area contributed by atoms with Crippen molar-refractivity contribution in [2.75, 3.05) is 11.6 Å². The largest absolute Gasteiger partial charge is 0.349 e. The van der Waals surface area contributed by atoms with E-state index in [-0.39, 0.29) is 27.4 Å². The second kappa shape index (κ2) is 5.89. The quantitative estimate of drug-likeness (QED) is 0.940. The van der Waals surface area contributed by atoms with E-state index in [0.717, 1.165) is 0 Å². The molecule has 1 aliphatic carbocycles. The van der Waals surface area contributed by atoms with Crippen molar-refractivity contribution in [1.82, 2.24) is 0 Å². The zero-order valence-corrected chi connectivity index (χ0v) is 12.9. The number of rotatable bonds is 3. The summed E-state index contributed by atoms with van der Waals surface area (Å²) < 4.78 is 25.8. The first-order chi connectivity index (χ1) is 11.0. The number of para-hydroxylation sites is 1. The van der Waals surface area contributed by atoms with Gasteiger partial charge >= 0.3 is 0 Å². The molecule has 1 N–H and O–H groups in total. The number of allylic oxidation sites excluding steroid dienone is 2. The molecule has 0 saturated heterocycles.